The van der Waals surface area contributed by atoms with E-state index in [1.807, 2.05) is 0 Å². The SMILES string of the molecule is CC[C@@H](Oc1cc(Cl)c(F)c(Cl)c1)C(=O)NC(C)(C)/C=C/C(=O)O. The van der Waals surface area contributed by atoms with Gasteiger partial charge in [0, 0.05) is 18.2 Å². The first-order valence-electron chi connectivity index (χ1n) is 7.11. The van der Waals surface area contributed by atoms with Gasteiger partial charge in [0.2, 0.25) is 0 Å². The average Bonchev–Trinajstić information content (AvgIpc) is 2.47. The van der Waals surface area contributed by atoms with Crippen molar-refractivity contribution in [3.05, 3.63) is 40.1 Å². The zero-order chi connectivity index (χ0) is 18.5. The molecule has 0 bridgehead atoms. The maximum atomic E-state index is 13.4. The summed E-state index contributed by atoms with van der Waals surface area (Å²) >= 11 is 11.4. The lowest BCUT2D eigenvalue weighted by atomic mass is 10.0. The number of hydrogen-bond donors (Lipinski definition) is 2. The van der Waals surface area contributed by atoms with E-state index in [1.165, 1.54) is 18.2 Å². The van der Waals surface area contributed by atoms with E-state index in [0.29, 0.717) is 6.42 Å². The van der Waals surface area contributed by atoms with Crippen molar-refractivity contribution >= 4 is 35.1 Å². The number of carbonyl (C=O) groups excluding carboxylic acids is 1. The highest BCUT2D eigenvalue weighted by Gasteiger charge is 2.25. The summed E-state index contributed by atoms with van der Waals surface area (Å²) in [7, 11) is 0. The summed E-state index contributed by atoms with van der Waals surface area (Å²) in [5.74, 6) is -2.17. The molecule has 0 spiro atoms. The molecule has 0 heterocycles. The third kappa shape index (κ3) is 6.02. The van der Waals surface area contributed by atoms with Gasteiger partial charge in [-0.25, -0.2) is 9.18 Å². The first-order chi connectivity index (χ1) is 11.1. The van der Waals surface area contributed by atoms with Gasteiger partial charge < -0.3 is 15.2 Å². The number of carboxylic acids is 1. The second-order valence-corrected chi connectivity index (χ2v) is 6.41. The van der Waals surface area contributed by atoms with Crippen LogP contribution in [0.1, 0.15) is 27.2 Å². The minimum absolute atomic E-state index is 0.160. The third-order valence-electron chi connectivity index (χ3n) is 2.99. The Bertz CT molecular complexity index is 638. The van der Waals surface area contributed by atoms with Gasteiger partial charge in [-0.3, -0.25) is 4.79 Å². The summed E-state index contributed by atoms with van der Waals surface area (Å²) in [5.41, 5.74) is -0.885. The molecule has 0 fully saturated rings. The molecule has 132 valence electrons. The number of benzene rings is 1. The molecule has 24 heavy (non-hydrogen) atoms. The number of hydrogen-bond acceptors (Lipinski definition) is 3. The van der Waals surface area contributed by atoms with Gasteiger partial charge in [-0.05, 0) is 20.3 Å². The molecule has 0 aliphatic rings. The van der Waals surface area contributed by atoms with Crippen molar-refractivity contribution in [2.75, 3.05) is 0 Å². The highest BCUT2D eigenvalue weighted by molar-refractivity contribution is 6.35. The van der Waals surface area contributed by atoms with Crippen LogP contribution in [-0.2, 0) is 9.59 Å². The van der Waals surface area contributed by atoms with Crippen LogP contribution < -0.4 is 10.1 Å². The Morgan fingerprint density at radius 1 is 1.38 bits per heavy atom. The molecular weight excluding hydrogens is 360 g/mol. The number of carboxylic acid groups (broad SMARTS) is 1. The molecule has 0 aliphatic heterocycles. The van der Waals surface area contributed by atoms with Crippen molar-refractivity contribution < 1.29 is 23.8 Å². The van der Waals surface area contributed by atoms with E-state index in [9.17, 15) is 14.0 Å². The van der Waals surface area contributed by atoms with E-state index in [4.69, 9.17) is 33.0 Å². The van der Waals surface area contributed by atoms with Crippen molar-refractivity contribution in [1.29, 1.82) is 0 Å². The Morgan fingerprint density at radius 2 is 1.92 bits per heavy atom. The van der Waals surface area contributed by atoms with Crippen LogP contribution in [-0.4, -0.2) is 28.6 Å². The van der Waals surface area contributed by atoms with Crippen molar-refractivity contribution in [1.82, 2.24) is 5.32 Å². The molecule has 0 aliphatic carbocycles. The van der Waals surface area contributed by atoms with Crippen LogP contribution in [0.25, 0.3) is 0 Å². The number of ether oxygens (including phenoxy) is 1. The molecule has 1 aromatic rings. The molecule has 0 saturated carbocycles. The molecule has 0 radical (unpaired) electrons. The molecule has 1 atom stereocenters. The molecule has 1 amide bonds. The zero-order valence-corrected chi connectivity index (χ0v) is 14.9. The number of aliphatic carboxylic acids is 1. The van der Waals surface area contributed by atoms with E-state index in [2.05, 4.69) is 5.32 Å². The van der Waals surface area contributed by atoms with Gasteiger partial charge in [-0.2, -0.15) is 0 Å². The van der Waals surface area contributed by atoms with Crippen molar-refractivity contribution in [2.24, 2.45) is 0 Å². The zero-order valence-electron chi connectivity index (χ0n) is 13.4. The van der Waals surface area contributed by atoms with Gasteiger partial charge in [0.15, 0.2) is 11.9 Å². The van der Waals surface area contributed by atoms with Crippen molar-refractivity contribution in [3.63, 3.8) is 0 Å². The van der Waals surface area contributed by atoms with Gasteiger partial charge in [-0.15, -0.1) is 0 Å². The van der Waals surface area contributed by atoms with Gasteiger partial charge >= 0.3 is 5.97 Å². The number of amides is 1. The fourth-order valence-corrected chi connectivity index (χ4v) is 2.27. The number of rotatable bonds is 7. The predicted molar refractivity (Wildman–Crippen MR) is 90.1 cm³/mol. The summed E-state index contributed by atoms with van der Waals surface area (Å²) in [4.78, 5) is 22.9. The molecule has 1 aromatic carbocycles. The van der Waals surface area contributed by atoms with Crippen molar-refractivity contribution in [2.45, 2.75) is 38.8 Å². The first-order valence-corrected chi connectivity index (χ1v) is 7.86. The van der Waals surface area contributed by atoms with Crippen molar-refractivity contribution in [3.8, 4) is 5.75 Å². The highest BCUT2D eigenvalue weighted by Crippen LogP contribution is 2.29. The van der Waals surface area contributed by atoms with E-state index < -0.39 is 29.3 Å². The summed E-state index contributed by atoms with van der Waals surface area (Å²) < 4.78 is 18.9. The summed E-state index contributed by atoms with van der Waals surface area (Å²) in [6.45, 7) is 5.02. The molecule has 0 saturated heterocycles. The molecule has 0 aromatic heterocycles. The van der Waals surface area contributed by atoms with Crippen LogP contribution >= 0.6 is 23.2 Å². The summed E-state index contributed by atoms with van der Waals surface area (Å²) in [6.07, 6.45) is 1.75. The lowest BCUT2D eigenvalue weighted by molar-refractivity contribution is -0.132. The van der Waals surface area contributed by atoms with Crippen LogP contribution in [0.3, 0.4) is 0 Å². The van der Waals surface area contributed by atoms with E-state index in [0.717, 1.165) is 6.08 Å². The minimum Gasteiger partial charge on any atom is -0.481 e. The standard InChI is InChI=1S/C16H18Cl2FNO4/c1-4-12(15(23)20-16(2,3)6-5-13(21)22)24-9-7-10(17)14(19)11(18)8-9/h5-8,12H,4H2,1-3H3,(H,20,23)(H,21,22)/b6-5+/t12-/m1/s1. The number of nitrogens with one attached hydrogen (secondary N) is 1. The van der Waals surface area contributed by atoms with Crippen LogP contribution in [0.5, 0.6) is 5.75 Å². The normalized spacial score (nSPS) is 12.9. The Kier molecular flexibility index (Phi) is 7.05. The third-order valence-corrected chi connectivity index (χ3v) is 3.54. The Morgan fingerprint density at radius 3 is 2.38 bits per heavy atom. The maximum absolute atomic E-state index is 13.4. The van der Waals surface area contributed by atoms with E-state index in [1.54, 1.807) is 20.8 Å². The molecule has 8 heteroatoms. The largest absolute Gasteiger partial charge is 0.481 e. The van der Waals surface area contributed by atoms with E-state index >= 15 is 0 Å². The monoisotopic (exact) mass is 377 g/mol. The Labute approximate surface area is 149 Å². The quantitative estimate of drug-likeness (QED) is 0.559. The second kappa shape index (κ2) is 8.35. The second-order valence-electron chi connectivity index (χ2n) is 5.60. The Hall–Kier alpha value is -1.79. The lowest BCUT2D eigenvalue weighted by Crippen LogP contribution is -2.48. The van der Waals surface area contributed by atoms with Gasteiger partial charge in [0.1, 0.15) is 5.75 Å². The molecule has 1 rings (SSSR count). The van der Waals surface area contributed by atoms with Gasteiger partial charge in [0.05, 0.1) is 15.6 Å². The molecular formula is C16H18Cl2FNO4. The number of carbonyl (C=O) groups is 2. The van der Waals surface area contributed by atoms with Crippen LogP contribution in [0, 0.1) is 5.82 Å². The van der Waals surface area contributed by atoms with Crippen LogP contribution in [0.2, 0.25) is 10.0 Å². The predicted octanol–water partition coefficient (Wildman–Crippen LogP) is 3.83. The minimum atomic E-state index is -1.11. The Balaban J connectivity index is 2.86. The van der Waals surface area contributed by atoms with Gasteiger partial charge in [0.25, 0.3) is 5.91 Å². The highest BCUT2D eigenvalue weighted by atomic mass is 35.5. The summed E-state index contributed by atoms with van der Waals surface area (Å²) in [6, 6.07) is 2.46. The fourth-order valence-electron chi connectivity index (χ4n) is 1.81. The summed E-state index contributed by atoms with van der Waals surface area (Å²) in [5, 5.41) is 10.9. The average molecular weight is 378 g/mol. The molecule has 0 unspecified atom stereocenters. The van der Waals surface area contributed by atoms with Crippen LogP contribution in [0.4, 0.5) is 4.39 Å². The lowest BCUT2D eigenvalue weighted by Gasteiger charge is -2.26. The fraction of sp³-hybridized carbons (Fsp3) is 0.375. The molecule has 2 N–H and O–H groups in total. The topological polar surface area (TPSA) is 75.6 Å². The number of halogens is 3. The maximum Gasteiger partial charge on any atom is 0.328 e. The first kappa shape index (κ1) is 20.3. The molecule has 5 nitrogen and oxygen atoms in total. The smallest absolute Gasteiger partial charge is 0.328 e. The van der Waals surface area contributed by atoms with Gasteiger partial charge in [-0.1, -0.05) is 36.2 Å². The van der Waals surface area contributed by atoms with Crippen LogP contribution in [0.15, 0.2) is 24.3 Å². The van der Waals surface area contributed by atoms with E-state index in [-0.39, 0.29) is 15.8 Å².